The molecular weight excluding hydrogens is 386 g/mol. The van der Waals surface area contributed by atoms with Crippen molar-refractivity contribution < 1.29 is 22.8 Å². The average molecular weight is 397 g/mol. The van der Waals surface area contributed by atoms with Crippen LogP contribution in [0.1, 0.15) is 25.8 Å². The van der Waals surface area contributed by atoms with Gasteiger partial charge in [-0.1, -0.05) is 11.6 Å². The van der Waals surface area contributed by atoms with E-state index < -0.39 is 29.1 Å². The Morgan fingerprint density at radius 2 is 1.81 bits per heavy atom. The van der Waals surface area contributed by atoms with Crippen LogP contribution in [0, 0.1) is 18.6 Å². The monoisotopic (exact) mass is 396 g/mol. The third-order valence-corrected chi connectivity index (χ3v) is 4.72. The standard InChI is InChI=1S/C17H11ClF2N2O3S/c1-8-5-13(21-16(23)12-3-2-4-25-12)26-15(8)17(24)22-14-10(19)6-9(18)7-11(14)20/h2-7H,1H3,(H,21,23)(H,22,24). The molecule has 2 aromatic heterocycles. The Bertz CT molecular complexity index is 963. The van der Waals surface area contributed by atoms with E-state index in [-0.39, 0.29) is 15.7 Å². The van der Waals surface area contributed by atoms with Crippen LogP contribution in [0.15, 0.2) is 41.0 Å². The molecular formula is C17H11ClF2N2O3S. The summed E-state index contributed by atoms with van der Waals surface area (Å²) >= 11 is 6.53. The molecule has 26 heavy (non-hydrogen) atoms. The van der Waals surface area contributed by atoms with Crippen LogP contribution < -0.4 is 10.6 Å². The highest BCUT2D eigenvalue weighted by Crippen LogP contribution is 2.29. The molecule has 0 radical (unpaired) electrons. The quantitative estimate of drug-likeness (QED) is 0.645. The van der Waals surface area contributed by atoms with Crippen molar-refractivity contribution in [3.63, 3.8) is 0 Å². The van der Waals surface area contributed by atoms with Gasteiger partial charge in [-0.2, -0.15) is 0 Å². The minimum absolute atomic E-state index is 0.117. The Labute approximate surface area is 155 Å². The number of aryl methyl sites for hydroxylation is 1. The van der Waals surface area contributed by atoms with Crippen LogP contribution in [0.4, 0.5) is 19.5 Å². The molecule has 1 aromatic carbocycles. The Hall–Kier alpha value is -2.71. The van der Waals surface area contributed by atoms with E-state index in [1.165, 1.54) is 12.3 Å². The Balaban J connectivity index is 1.79. The van der Waals surface area contributed by atoms with Crippen LogP contribution in [-0.2, 0) is 0 Å². The summed E-state index contributed by atoms with van der Waals surface area (Å²) in [6.07, 6.45) is 1.36. The summed E-state index contributed by atoms with van der Waals surface area (Å²) in [5.74, 6) is -3.02. The summed E-state index contributed by atoms with van der Waals surface area (Å²) in [5.41, 5.74) is -0.0506. The molecule has 9 heteroatoms. The second-order valence-corrected chi connectivity index (χ2v) is 6.74. The molecule has 2 heterocycles. The van der Waals surface area contributed by atoms with Crippen molar-refractivity contribution in [3.05, 3.63) is 69.5 Å². The number of rotatable bonds is 4. The lowest BCUT2D eigenvalue weighted by Gasteiger charge is -2.07. The normalized spacial score (nSPS) is 10.6. The number of halogens is 3. The number of hydrogen-bond acceptors (Lipinski definition) is 4. The number of nitrogens with one attached hydrogen (secondary N) is 2. The van der Waals surface area contributed by atoms with Crippen LogP contribution in [0.5, 0.6) is 0 Å². The van der Waals surface area contributed by atoms with Gasteiger partial charge >= 0.3 is 0 Å². The molecule has 3 aromatic rings. The van der Waals surface area contributed by atoms with Gasteiger partial charge < -0.3 is 15.1 Å². The molecule has 0 saturated heterocycles. The van der Waals surface area contributed by atoms with Gasteiger partial charge in [0.25, 0.3) is 11.8 Å². The van der Waals surface area contributed by atoms with Gasteiger partial charge in [0.15, 0.2) is 17.4 Å². The van der Waals surface area contributed by atoms with Crippen LogP contribution in [0.3, 0.4) is 0 Å². The Kier molecular flexibility index (Phi) is 5.06. The third kappa shape index (κ3) is 3.76. The molecule has 0 aliphatic carbocycles. The molecule has 0 spiro atoms. The fraction of sp³-hybridized carbons (Fsp3) is 0.0588. The molecule has 2 N–H and O–H groups in total. The van der Waals surface area contributed by atoms with Gasteiger partial charge in [0.2, 0.25) is 0 Å². The van der Waals surface area contributed by atoms with E-state index in [9.17, 15) is 18.4 Å². The van der Waals surface area contributed by atoms with Crippen molar-refractivity contribution in [3.8, 4) is 0 Å². The zero-order valence-electron chi connectivity index (χ0n) is 13.2. The van der Waals surface area contributed by atoms with E-state index in [2.05, 4.69) is 10.6 Å². The molecule has 0 bridgehead atoms. The lowest BCUT2D eigenvalue weighted by atomic mass is 10.2. The van der Waals surface area contributed by atoms with Crippen molar-refractivity contribution in [2.45, 2.75) is 6.92 Å². The zero-order chi connectivity index (χ0) is 18.8. The SMILES string of the molecule is Cc1cc(NC(=O)c2ccco2)sc1C(=O)Nc1c(F)cc(Cl)cc1F. The van der Waals surface area contributed by atoms with E-state index in [1.54, 1.807) is 19.1 Å². The maximum absolute atomic E-state index is 13.8. The molecule has 3 rings (SSSR count). The summed E-state index contributed by atoms with van der Waals surface area (Å²) in [7, 11) is 0. The molecule has 134 valence electrons. The number of furan rings is 1. The number of amides is 2. The van der Waals surface area contributed by atoms with Gasteiger partial charge in [0.1, 0.15) is 5.69 Å². The van der Waals surface area contributed by atoms with Crippen LogP contribution in [0.2, 0.25) is 5.02 Å². The topological polar surface area (TPSA) is 71.3 Å². The summed E-state index contributed by atoms with van der Waals surface area (Å²) in [6, 6.07) is 6.44. The molecule has 0 aliphatic rings. The molecule has 0 fully saturated rings. The molecule has 0 atom stereocenters. The molecule has 0 saturated carbocycles. The number of carbonyl (C=O) groups is 2. The third-order valence-electron chi connectivity index (χ3n) is 3.35. The maximum atomic E-state index is 13.8. The van der Waals surface area contributed by atoms with Gasteiger partial charge in [-0.05, 0) is 42.8 Å². The number of thiophene rings is 1. The summed E-state index contributed by atoms with van der Waals surface area (Å²) in [6.45, 7) is 1.64. The molecule has 0 aliphatic heterocycles. The smallest absolute Gasteiger partial charge is 0.291 e. The minimum atomic E-state index is -0.982. The maximum Gasteiger partial charge on any atom is 0.291 e. The Morgan fingerprint density at radius 1 is 1.12 bits per heavy atom. The highest BCUT2D eigenvalue weighted by Gasteiger charge is 2.19. The second-order valence-electron chi connectivity index (χ2n) is 5.25. The van der Waals surface area contributed by atoms with E-state index in [4.69, 9.17) is 16.0 Å². The first kappa shape index (κ1) is 18.1. The van der Waals surface area contributed by atoms with Gasteiger partial charge in [-0.25, -0.2) is 8.78 Å². The first-order chi connectivity index (χ1) is 12.3. The van der Waals surface area contributed by atoms with E-state index in [0.29, 0.717) is 10.6 Å². The fourth-order valence-corrected chi connectivity index (χ4v) is 3.34. The van der Waals surface area contributed by atoms with Crippen molar-refractivity contribution >= 4 is 45.4 Å². The Morgan fingerprint density at radius 3 is 2.42 bits per heavy atom. The van der Waals surface area contributed by atoms with Crippen molar-refractivity contribution in [2.75, 3.05) is 10.6 Å². The predicted molar refractivity (Wildman–Crippen MR) is 95.0 cm³/mol. The van der Waals surface area contributed by atoms with Gasteiger partial charge in [-0.15, -0.1) is 11.3 Å². The van der Waals surface area contributed by atoms with Crippen LogP contribution >= 0.6 is 22.9 Å². The van der Waals surface area contributed by atoms with E-state index in [1.807, 2.05) is 0 Å². The van der Waals surface area contributed by atoms with Gasteiger partial charge in [0.05, 0.1) is 16.1 Å². The van der Waals surface area contributed by atoms with E-state index >= 15 is 0 Å². The lowest BCUT2D eigenvalue weighted by Crippen LogP contribution is -2.14. The summed E-state index contributed by atoms with van der Waals surface area (Å²) in [4.78, 5) is 24.5. The predicted octanol–water partition coefficient (Wildman–Crippen LogP) is 5.09. The molecule has 2 amide bonds. The molecule has 0 unspecified atom stereocenters. The van der Waals surface area contributed by atoms with Gasteiger partial charge in [0, 0.05) is 5.02 Å². The van der Waals surface area contributed by atoms with Crippen molar-refractivity contribution in [1.29, 1.82) is 0 Å². The van der Waals surface area contributed by atoms with Crippen LogP contribution in [-0.4, -0.2) is 11.8 Å². The first-order valence-corrected chi connectivity index (χ1v) is 8.46. The number of anilines is 2. The van der Waals surface area contributed by atoms with Crippen molar-refractivity contribution in [2.24, 2.45) is 0 Å². The van der Waals surface area contributed by atoms with Crippen LogP contribution in [0.25, 0.3) is 0 Å². The average Bonchev–Trinajstić information content (AvgIpc) is 3.20. The zero-order valence-corrected chi connectivity index (χ0v) is 14.8. The fourth-order valence-electron chi connectivity index (χ4n) is 2.18. The van der Waals surface area contributed by atoms with E-state index in [0.717, 1.165) is 23.5 Å². The number of benzene rings is 1. The highest BCUT2D eigenvalue weighted by atomic mass is 35.5. The first-order valence-electron chi connectivity index (χ1n) is 7.26. The largest absolute Gasteiger partial charge is 0.459 e. The summed E-state index contributed by atoms with van der Waals surface area (Å²) < 4.78 is 32.6. The second kappa shape index (κ2) is 7.27. The summed E-state index contributed by atoms with van der Waals surface area (Å²) in [5, 5.41) is 5.06. The lowest BCUT2D eigenvalue weighted by molar-refractivity contribution is 0.0995. The minimum Gasteiger partial charge on any atom is -0.459 e. The molecule has 5 nitrogen and oxygen atoms in total. The van der Waals surface area contributed by atoms with Gasteiger partial charge in [-0.3, -0.25) is 9.59 Å². The highest BCUT2D eigenvalue weighted by molar-refractivity contribution is 7.18. The number of carbonyl (C=O) groups excluding carboxylic acids is 2. The number of hydrogen-bond donors (Lipinski definition) is 2. The van der Waals surface area contributed by atoms with Crippen molar-refractivity contribution in [1.82, 2.24) is 0 Å².